The first-order chi connectivity index (χ1) is 13.0. The van der Waals surface area contributed by atoms with E-state index in [9.17, 15) is 14.7 Å². The average molecular weight is 368 g/mol. The molecule has 2 N–H and O–H groups in total. The third kappa shape index (κ3) is 3.97. The summed E-state index contributed by atoms with van der Waals surface area (Å²) in [5, 5.41) is 16.5. The predicted octanol–water partition coefficient (Wildman–Crippen LogP) is 3.40. The standard InChI is InChI=1S/C20H24N4O3/c1-2-23-12-16(10-21-23)22-19(25)15-5-3-4-14(8-15)17-9-18(17)24(20(26)27)11-13-6-7-13/h3-5,8,10,12-13,17-18H,2,6-7,9,11H2,1H3,(H,22,25)(H,26,27)/t17-,18+/m0/s1. The van der Waals surface area contributed by atoms with E-state index in [-0.39, 0.29) is 17.9 Å². The predicted molar refractivity (Wildman–Crippen MR) is 101 cm³/mol. The number of hydrogen-bond donors (Lipinski definition) is 2. The smallest absolute Gasteiger partial charge is 0.407 e. The molecule has 2 amide bonds. The molecule has 7 heteroatoms. The Balaban J connectivity index is 1.43. The summed E-state index contributed by atoms with van der Waals surface area (Å²) in [5.74, 6) is 0.525. The molecule has 7 nitrogen and oxygen atoms in total. The van der Waals surface area contributed by atoms with Crippen molar-refractivity contribution in [1.29, 1.82) is 0 Å². The fraction of sp³-hybridized carbons (Fsp3) is 0.450. The highest BCUT2D eigenvalue weighted by molar-refractivity contribution is 6.04. The summed E-state index contributed by atoms with van der Waals surface area (Å²) in [6.07, 6.45) is 5.67. The SMILES string of the molecule is CCn1cc(NC(=O)c2cccc([C@@H]3C[C@H]3N(CC3CC3)C(=O)O)c2)cn1. The van der Waals surface area contributed by atoms with Crippen LogP contribution in [0.25, 0.3) is 0 Å². The quantitative estimate of drug-likeness (QED) is 0.784. The van der Waals surface area contributed by atoms with Gasteiger partial charge in [0.05, 0.1) is 11.9 Å². The van der Waals surface area contributed by atoms with Gasteiger partial charge in [-0.15, -0.1) is 0 Å². The molecule has 0 saturated heterocycles. The topological polar surface area (TPSA) is 87.5 Å². The molecule has 142 valence electrons. The lowest BCUT2D eigenvalue weighted by molar-refractivity contribution is 0.102. The van der Waals surface area contributed by atoms with Gasteiger partial charge < -0.3 is 15.3 Å². The monoisotopic (exact) mass is 368 g/mol. The molecular weight excluding hydrogens is 344 g/mol. The number of carboxylic acid groups (broad SMARTS) is 1. The molecule has 2 aliphatic rings. The Bertz CT molecular complexity index is 858. The normalized spacial score (nSPS) is 20.9. The first kappa shape index (κ1) is 17.6. The molecule has 0 spiro atoms. The van der Waals surface area contributed by atoms with Gasteiger partial charge in [-0.2, -0.15) is 5.10 Å². The van der Waals surface area contributed by atoms with Crippen LogP contribution in [0, 0.1) is 5.92 Å². The van der Waals surface area contributed by atoms with Gasteiger partial charge in [0, 0.05) is 36.8 Å². The molecule has 2 atom stereocenters. The summed E-state index contributed by atoms with van der Waals surface area (Å²) in [6.45, 7) is 3.37. The van der Waals surface area contributed by atoms with Crippen LogP contribution in [-0.4, -0.2) is 44.4 Å². The van der Waals surface area contributed by atoms with Gasteiger partial charge >= 0.3 is 6.09 Å². The lowest BCUT2D eigenvalue weighted by Gasteiger charge is -2.19. The van der Waals surface area contributed by atoms with Crippen molar-refractivity contribution in [3.05, 3.63) is 47.8 Å². The second-order valence-electron chi connectivity index (χ2n) is 7.45. The molecule has 0 bridgehead atoms. The summed E-state index contributed by atoms with van der Waals surface area (Å²) < 4.78 is 1.75. The van der Waals surface area contributed by atoms with Gasteiger partial charge in [-0.05, 0) is 49.8 Å². The molecule has 4 rings (SSSR count). The Hall–Kier alpha value is -2.83. The minimum absolute atomic E-state index is 0.0317. The second kappa shape index (κ2) is 7.06. The van der Waals surface area contributed by atoms with Crippen LogP contribution in [-0.2, 0) is 6.54 Å². The van der Waals surface area contributed by atoms with Crippen LogP contribution in [0.5, 0.6) is 0 Å². The fourth-order valence-electron chi connectivity index (χ4n) is 3.53. The van der Waals surface area contributed by atoms with Crippen LogP contribution in [0.15, 0.2) is 36.7 Å². The molecular formula is C20H24N4O3. The molecule has 2 aliphatic carbocycles. The molecule has 0 radical (unpaired) electrons. The van der Waals surface area contributed by atoms with Crippen LogP contribution < -0.4 is 5.32 Å². The second-order valence-corrected chi connectivity index (χ2v) is 7.45. The van der Waals surface area contributed by atoms with E-state index >= 15 is 0 Å². The van der Waals surface area contributed by atoms with Crippen molar-refractivity contribution in [3.8, 4) is 0 Å². The Morgan fingerprint density at radius 1 is 1.37 bits per heavy atom. The maximum Gasteiger partial charge on any atom is 0.407 e. The van der Waals surface area contributed by atoms with E-state index in [1.807, 2.05) is 25.1 Å². The molecule has 27 heavy (non-hydrogen) atoms. The number of rotatable bonds is 7. The minimum Gasteiger partial charge on any atom is -0.465 e. The summed E-state index contributed by atoms with van der Waals surface area (Å²) in [7, 11) is 0. The maximum atomic E-state index is 12.5. The largest absolute Gasteiger partial charge is 0.465 e. The van der Waals surface area contributed by atoms with E-state index in [1.54, 1.807) is 28.0 Å². The Labute approximate surface area is 158 Å². The number of nitrogens with zero attached hydrogens (tertiary/aromatic N) is 3. The number of aryl methyl sites for hydroxylation is 1. The lowest BCUT2D eigenvalue weighted by atomic mass is 10.1. The molecule has 2 fully saturated rings. The van der Waals surface area contributed by atoms with Gasteiger partial charge in [0.25, 0.3) is 5.91 Å². The molecule has 2 aromatic rings. The molecule has 1 heterocycles. The van der Waals surface area contributed by atoms with Crippen LogP contribution in [0.1, 0.15) is 48.0 Å². The number of anilines is 1. The number of hydrogen-bond acceptors (Lipinski definition) is 3. The summed E-state index contributed by atoms with van der Waals surface area (Å²) in [4.78, 5) is 25.7. The lowest BCUT2D eigenvalue weighted by Crippen LogP contribution is -2.34. The minimum atomic E-state index is -0.837. The fourth-order valence-corrected chi connectivity index (χ4v) is 3.53. The molecule has 2 saturated carbocycles. The number of nitrogens with one attached hydrogen (secondary N) is 1. The van der Waals surface area contributed by atoms with Crippen molar-refractivity contribution in [2.45, 2.75) is 44.7 Å². The highest BCUT2D eigenvalue weighted by atomic mass is 16.4. The van der Waals surface area contributed by atoms with E-state index in [0.29, 0.717) is 23.7 Å². The third-order valence-electron chi connectivity index (χ3n) is 5.35. The Kier molecular flexibility index (Phi) is 4.59. The van der Waals surface area contributed by atoms with E-state index in [1.165, 1.54) is 0 Å². The summed E-state index contributed by atoms with van der Waals surface area (Å²) in [5.41, 5.74) is 2.27. The van der Waals surface area contributed by atoms with Gasteiger partial charge in [0.15, 0.2) is 0 Å². The number of carbonyl (C=O) groups is 2. The highest BCUT2D eigenvalue weighted by Crippen LogP contribution is 2.46. The van der Waals surface area contributed by atoms with Crippen LogP contribution >= 0.6 is 0 Å². The van der Waals surface area contributed by atoms with Crippen LogP contribution in [0.3, 0.4) is 0 Å². The van der Waals surface area contributed by atoms with E-state index in [0.717, 1.165) is 31.4 Å². The zero-order valence-corrected chi connectivity index (χ0v) is 15.3. The molecule has 0 unspecified atom stereocenters. The van der Waals surface area contributed by atoms with Crippen molar-refractivity contribution < 1.29 is 14.7 Å². The van der Waals surface area contributed by atoms with Crippen molar-refractivity contribution in [2.24, 2.45) is 5.92 Å². The first-order valence-electron chi connectivity index (χ1n) is 9.48. The van der Waals surface area contributed by atoms with E-state index < -0.39 is 6.09 Å². The van der Waals surface area contributed by atoms with Crippen molar-refractivity contribution in [3.63, 3.8) is 0 Å². The highest BCUT2D eigenvalue weighted by Gasteiger charge is 2.46. The first-order valence-corrected chi connectivity index (χ1v) is 9.48. The Morgan fingerprint density at radius 3 is 2.85 bits per heavy atom. The number of amides is 2. The number of benzene rings is 1. The van der Waals surface area contributed by atoms with Gasteiger partial charge in [-0.3, -0.25) is 9.48 Å². The van der Waals surface area contributed by atoms with E-state index in [2.05, 4.69) is 10.4 Å². The Morgan fingerprint density at radius 2 is 2.19 bits per heavy atom. The molecule has 0 aliphatic heterocycles. The third-order valence-corrected chi connectivity index (χ3v) is 5.35. The molecule has 1 aromatic heterocycles. The number of aromatic nitrogens is 2. The van der Waals surface area contributed by atoms with Crippen molar-refractivity contribution in [2.75, 3.05) is 11.9 Å². The number of carbonyl (C=O) groups excluding carboxylic acids is 1. The van der Waals surface area contributed by atoms with Gasteiger partial charge in [0.2, 0.25) is 0 Å². The van der Waals surface area contributed by atoms with E-state index in [4.69, 9.17) is 0 Å². The van der Waals surface area contributed by atoms with Crippen LogP contribution in [0.2, 0.25) is 0 Å². The van der Waals surface area contributed by atoms with Crippen molar-refractivity contribution in [1.82, 2.24) is 14.7 Å². The van der Waals surface area contributed by atoms with Gasteiger partial charge in [-0.25, -0.2) is 4.79 Å². The maximum absolute atomic E-state index is 12.5. The van der Waals surface area contributed by atoms with Gasteiger partial charge in [-0.1, -0.05) is 12.1 Å². The van der Waals surface area contributed by atoms with Gasteiger partial charge in [0.1, 0.15) is 0 Å². The summed E-state index contributed by atoms with van der Waals surface area (Å²) in [6, 6.07) is 7.53. The van der Waals surface area contributed by atoms with Crippen molar-refractivity contribution >= 4 is 17.7 Å². The summed E-state index contributed by atoms with van der Waals surface area (Å²) >= 11 is 0. The molecule has 1 aromatic carbocycles. The van der Waals surface area contributed by atoms with Crippen LogP contribution in [0.4, 0.5) is 10.5 Å². The zero-order chi connectivity index (χ0) is 19.0. The zero-order valence-electron chi connectivity index (χ0n) is 15.3. The average Bonchev–Trinajstić information content (AvgIpc) is 3.58.